The number of carbonyl (C=O) groups excluding carboxylic acids is 1. The number of pyridine rings is 1. The van der Waals surface area contributed by atoms with Crippen LogP contribution >= 0.6 is 0 Å². The maximum absolute atomic E-state index is 12.7. The molecule has 2 bridgehead atoms. The Kier molecular flexibility index (Phi) is 10.0. The summed E-state index contributed by atoms with van der Waals surface area (Å²) in [6.45, 7) is 9.15. The van der Waals surface area contributed by atoms with E-state index in [2.05, 4.69) is 49.8 Å². The number of nitrogens with zero attached hydrogens (tertiary/aromatic N) is 6. The van der Waals surface area contributed by atoms with Gasteiger partial charge in [-0.05, 0) is 94.1 Å². The molecule has 11 heteroatoms. The van der Waals surface area contributed by atoms with E-state index in [-0.39, 0.29) is 5.78 Å². The number of rotatable bonds is 12. The molecule has 244 valence electrons. The van der Waals surface area contributed by atoms with Gasteiger partial charge in [-0.2, -0.15) is 0 Å². The first-order valence-electron chi connectivity index (χ1n) is 16.3. The van der Waals surface area contributed by atoms with Crippen molar-refractivity contribution < 1.29 is 14.3 Å². The molecule has 2 saturated heterocycles. The molecule has 0 radical (unpaired) electrons. The van der Waals surface area contributed by atoms with Gasteiger partial charge >= 0.3 is 0 Å². The number of ketones is 1. The molecule has 6 rings (SSSR count). The van der Waals surface area contributed by atoms with Gasteiger partial charge < -0.3 is 19.7 Å². The van der Waals surface area contributed by atoms with Crippen LogP contribution in [0.1, 0.15) is 37.7 Å². The van der Waals surface area contributed by atoms with Crippen LogP contribution in [0.3, 0.4) is 0 Å². The van der Waals surface area contributed by atoms with Crippen LogP contribution < -0.4 is 19.7 Å². The monoisotopic (exact) mass is 634 g/mol. The molecule has 0 spiro atoms. The highest BCUT2D eigenvalue weighted by atomic mass is 16.5. The summed E-state index contributed by atoms with van der Waals surface area (Å²) in [6.07, 6.45) is 15.9. The quantitative estimate of drug-likeness (QED) is 0.0806. The summed E-state index contributed by atoms with van der Waals surface area (Å²) in [5.74, 6) is 4.32. The van der Waals surface area contributed by atoms with E-state index in [0.29, 0.717) is 59.3 Å². The molecule has 2 N–H and O–H groups in total. The lowest BCUT2D eigenvalue weighted by Crippen LogP contribution is -2.41. The van der Waals surface area contributed by atoms with Crippen LogP contribution in [-0.2, 0) is 4.79 Å². The molecule has 3 aliphatic heterocycles. The lowest BCUT2D eigenvalue weighted by Gasteiger charge is -2.36. The van der Waals surface area contributed by atoms with E-state index in [9.17, 15) is 4.79 Å². The summed E-state index contributed by atoms with van der Waals surface area (Å²) in [6, 6.07) is 8.12. The van der Waals surface area contributed by atoms with Gasteiger partial charge in [0.25, 0.3) is 0 Å². The molecule has 11 nitrogen and oxygen atoms in total. The molecule has 3 unspecified atom stereocenters. The number of aromatic nitrogens is 3. The summed E-state index contributed by atoms with van der Waals surface area (Å²) in [5, 5.41) is 10.4. The number of benzene rings is 1. The van der Waals surface area contributed by atoms with E-state index in [1.807, 2.05) is 37.3 Å². The summed E-state index contributed by atoms with van der Waals surface area (Å²) in [5.41, 5.74) is 3.11. The molecule has 5 heterocycles. The minimum atomic E-state index is 0.220. The zero-order valence-electron chi connectivity index (χ0n) is 27.1. The van der Waals surface area contributed by atoms with Crippen LogP contribution in [0, 0.1) is 24.2 Å². The predicted octanol–water partition coefficient (Wildman–Crippen LogP) is 6.04. The maximum Gasteiger partial charge on any atom is 0.172 e. The van der Waals surface area contributed by atoms with Gasteiger partial charge in [-0.25, -0.2) is 19.9 Å². The standard InChI is InChI=1S/C36H42N8O3/c1-4-30(13-15-38-22-37)47-32-12-8-27(18-24(32)2)41-35-34-31(39-23-40-35)19-33-36(42-34)44-17-14-25(26(20-44)21-46-33)7-10-29(45)11-9-28-6-5-16-43(28)3/h4,8-9,11-13,15,18-19,22-23,25-26,28,37H,1,5-7,10,14,16-17,20-21H2,2-3H3,(H,39,40,41)/b11-9+,30-13+,37-22?,38-15?. The fourth-order valence-electron chi connectivity index (χ4n) is 6.64. The first kappa shape index (κ1) is 32.1. The number of likely N-dealkylation sites (N-methyl/N-ethyl adjacent to an activating group) is 1. The number of aryl methyl sites for hydroxylation is 1. The second-order valence-electron chi connectivity index (χ2n) is 12.4. The smallest absolute Gasteiger partial charge is 0.172 e. The third-order valence-corrected chi connectivity index (χ3v) is 9.31. The van der Waals surface area contributed by atoms with E-state index in [1.54, 1.807) is 12.2 Å². The number of ether oxygens (including phenoxy) is 2. The Bertz CT molecular complexity index is 1730. The molecule has 2 fully saturated rings. The molecule has 3 atom stereocenters. The van der Waals surface area contributed by atoms with Crippen molar-refractivity contribution in [3.05, 3.63) is 72.8 Å². The van der Waals surface area contributed by atoms with Crippen molar-refractivity contribution in [2.75, 3.05) is 43.5 Å². The Morgan fingerprint density at radius 1 is 1.26 bits per heavy atom. The minimum Gasteiger partial charge on any atom is -0.489 e. The summed E-state index contributed by atoms with van der Waals surface area (Å²) >= 11 is 0. The normalized spacial score (nSPS) is 21.4. The van der Waals surface area contributed by atoms with Crippen molar-refractivity contribution >= 4 is 46.7 Å². The third kappa shape index (κ3) is 7.57. The van der Waals surface area contributed by atoms with Crippen molar-refractivity contribution in [3.63, 3.8) is 0 Å². The lowest BCUT2D eigenvalue weighted by atomic mass is 9.82. The molecule has 0 aliphatic carbocycles. The average molecular weight is 635 g/mol. The number of nitrogens with one attached hydrogen (secondary N) is 2. The van der Waals surface area contributed by atoms with Gasteiger partial charge in [-0.15, -0.1) is 0 Å². The van der Waals surface area contributed by atoms with E-state index < -0.39 is 0 Å². The SMILES string of the molecule is C=C/C(=C\C=NC=N)Oc1ccc(Nc2ncnc3cc4c(nc23)N2CCC(CCC(=O)/C=C/C3CCCN3C)C(CO4)C2)cc1C. The fourth-order valence-corrected chi connectivity index (χ4v) is 6.64. The Hall–Kier alpha value is -4.90. The highest BCUT2D eigenvalue weighted by molar-refractivity contribution is 5.90. The number of allylic oxidation sites excluding steroid dienone is 3. The van der Waals surface area contributed by atoms with Crippen molar-refractivity contribution in [1.82, 2.24) is 19.9 Å². The van der Waals surface area contributed by atoms with Crippen molar-refractivity contribution in [1.29, 1.82) is 5.41 Å². The average Bonchev–Trinajstić information content (AvgIpc) is 3.44. The van der Waals surface area contributed by atoms with Crippen molar-refractivity contribution in [3.8, 4) is 11.5 Å². The highest BCUT2D eigenvalue weighted by Crippen LogP contribution is 2.40. The first-order valence-corrected chi connectivity index (χ1v) is 16.3. The largest absolute Gasteiger partial charge is 0.489 e. The molecule has 47 heavy (non-hydrogen) atoms. The molecule has 3 aromatic rings. The van der Waals surface area contributed by atoms with Crippen LogP contribution in [0.25, 0.3) is 11.0 Å². The number of likely N-dealkylation sites (tertiary alicyclic amines) is 1. The minimum absolute atomic E-state index is 0.220. The van der Waals surface area contributed by atoms with Gasteiger partial charge in [-0.1, -0.05) is 12.7 Å². The Balaban J connectivity index is 1.13. The zero-order chi connectivity index (χ0) is 32.8. The first-order chi connectivity index (χ1) is 22.9. The zero-order valence-corrected chi connectivity index (χ0v) is 27.1. The van der Waals surface area contributed by atoms with Crippen LogP contribution in [-0.4, -0.2) is 77.5 Å². The van der Waals surface area contributed by atoms with E-state index in [1.165, 1.54) is 19.0 Å². The highest BCUT2D eigenvalue weighted by Gasteiger charge is 2.35. The molecule has 0 saturated carbocycles. The Labute approximate surface area is 275 Å². The van der Waals surface area contributed by atoms with Gasteiger partial charge in [0.15, 0.2) is 23.2 Å². The number of aliphatic imine (C=N–C) groups is 1. The van der Waals surface area contributed by atoms with Gasteiger partial charge in [0.2, 0.25) is 0 Å². The molecule has 2 aromatic heterocycles. The van der Waals surface area contributed by atoms with E-state index in [0.717, 1.165) is 68.1 Å². The summed E-state index contributed by atoms with van der Waals surface area (Å²) in [4.78, 5) is 35.2. The van der Waals surface area contributed by atoms with E-state index in [4.69, 9.17) is 19.9 Å². The van der Waals surface area contributed by atoms with Gasteiger partial charge in [0, 0.05) is 49.4 Å². The second-order valence-corrected chi connectivity index (χ2v) is 12.4. The summed E-state index contributed by atoms with van der Waals surface area (Å²) in [7, 11) is 2.13. The van der Waals surface area contributed by atoms with Gasteiger partial charge in [-0.3, -0.25) is 15.1 Å². The van der Waals surface area contributed by atoms with Crippen molar-refractivity contribution in [2.45, 2.75) is 45.1 Å². The Morgan fingerprint density at radius 3 is 2.94 bits per heavy atom. The van der Waals surface area contributed by atoms with Gasteiger partial charge in [0.05, 0.1) is 12.1 Å². The van der Waals surface area contributed by atoms with Crippen molar-refractivity contribution in [2.24, 2.45) is 16.8 Å². The molecule has 0 amide bonds. The second kappa shape index (κ2) is 14.7. The molecular formula is C36H42N8O3. The fraction of sp³-hybridized carbons (Fsp3) is 0.389. The third-order valence-electron chi connectivity index (χ3n) is 9.31. The maximum atomic E-state index is 12.7. The molecule has 1 aromatic carbocycles. The topological polar surface area (TPSA) is 129 Å². The van der Waals surface area contributed by atoms with E-state index >= 15 is 0 Å². The number of fused-ring (bicyclic) bond motifs is 5. The van der Waals surface area contributed by atoms with Crippen LogP contribution in [0.15, 0.2) is 72.2 Å². The Morgan fingerprint density at radius 2 is 2.15 bits per heavy atom. The number of piperidine rings is 1. The van der Waals surface area contributed by atoms with Gasteiger partial charge in [0.1, 0.15) is 29.7 Å². The lowest BCUT2D eigenvalue weighted by molar-refractivity contribution is -0.115. The van der Waals surface area contributed by atoms with Crippen LogP contribution in [0.5, 0.6) is 11.5 Å². The van der Waals surface area contributed by atoms with Crippen LogP contribution in [0.2, 0.25) is 0 Å². The predicted molar refractivity (Wildman–Crippen MR) is 186 cm³/mol. The molecule has 3 aliphatic rings. The molecular weight excluding hydrogens is 592 g/mol. The summed E-state index contributed by atoms with van der Waals surface area (Å²) < 4.78 is 12.3. The van der Waals surface area contributed by atoms with Crippen LogP contribution in [0.4, 0.5) is 17.3 Å². The number of carbonyl (C=O) groups is 1. The number of hydrogen-bond donors (Lipinski definition) is 2. The number of hydrogen-bond acceptors (Lipinski definition) is 10. The number of anilines is 3.